The Morgan fingerprint density at radius 2 is 1.42 bits per heavy atom. The minimum absolute atomic E-state index is 0.0503. The van der Waals surface area contributed by atoms with E-state index in [4.69, 9.17) is 9.47 Å². The summed E-state index contributed by atoms with van der Waals surface area (Å²) >= 11 is 0. The Morgan fingerprint density at radius 3 is 1.95 bits per heavy atom. The van der Waals surface area contributed by atoms with Crippen LogP contribution in [0.5, 0.6) is 17.2 Å². The number of rotatable bonds is 4. The molecule has 1 aromatic carbocycles. The number of hydrogen-bond acceptors (Lipinski definition) is 3. The van der Waals surface area contributed by atoms with Crippen molar-refractivity contribution in [3.8, 4) is 17.2 Å². The molecule has 3 heteroatoms. The van der Waals surface area contributed by atoms with Crippen molar-refractivity contribution in [2.24, 2.45) is 10.8 Å². The van der Waals surface area contributed by atoms with Crippen molar-refractivity contribution in [2.45, 2.75) is 41.5 Å². The highest BCUT2D eigenvalue weighted by molar-refractivity contribution is 5.44. The summed E-state index contributed by atoms with van der Waals surface area (Å²) in [5.41, 5.74) is 0.152. The molecule has 1 N–H and O–H groups in total. The van der Waals surface area contributed by atoms with Crippen LogP contribution in [-0.2, 0) is 0 Å². The van der Waals surface area contributed by atoms with Gasteiger partial charge in [-0.2, -0.15) is 0 Å². The van der Waals surface area contributed by atoms with Crippen LogP contribution in [0.2, 0.25) is 0 Å². The van der Waals surface area contributed by atoms with E-state index in [2.05, 4.69) is 41.5 Å². The fourth-order valence-electron chi connectivity index (χ4n) is 1.29. The van der Waals surface area contributed by atoms with Gasteiger partial charge in [0.25, 0.3) is 0 Å². The summed E-state index contributed by atoms with van der Waals surface area (Å²) in [4.78, 5) is 0. The maximum absolute atomic E-state index is 9.78. The van der Waals surface area contributed by atoms with Crippen molar-refractivity contribution >= 4 is 0 Å². The summed E-state index contributed by atoms with van der Waals surface area (Å²) in [7, 11) is 0. The lowest BCUT2D eigenvalue weighted by Gasteiger charge is -2.21. The van der Waals surface area contributed by atoms with Crippen LogP contribution in [0.15, 0.2) is 18.2 Å². The highest BCUT2D eigenvalue weighted by Crippen LogP contribution is 2.32. The first-order valence-corrected chi connectivity index (χ1v) is 6.65. The summed E-state index contributed by atoms with van der Waals surface area (Å²) in [6.45, 7) is 13.8. The van der Waals surface area contributed by atoms with Gasteiger partial charge < -0.3 is 14.6 Å². The number of benzene rings is 1. The molecule has 0 aliphatic heterocycles. The number of hydrogen-bond donors (Lipinski definition) is 1. The first-order valence-electron chi connectivity index (χ1n) is 6.65. The number of ether oxygens (including phenoxy) is 2. The predicted octanol–water partition coefficient (Wildman–Crippen LogP) is 4.24. The maximum Gasteiger partial charge on any atom is 0.164 e. The van der Waals surface area contributed by atoms with Crippen molar-refractivity contribution < 1.29 is 14.6 Å². The summed E-state index contributed by atoms with van der Waals surface area (Å²) in [6, 6.07) is 5.10. The van der Waals surface area contributed by atoms with Gasteiger partial charge in [0.15, 0.2) is 11.5 Å². The minimum atomic E-state index is 0.0503. The molecule has 1 aromatic rings. The summed E-state index contributed by atoms with van der Waals surface area (Å²) in [6.07, 6.45) is 0. The van der Waals surface area contributed by atoms with E-state index in [1.54, 1.807) is 18.2 Å². The van der Waals surface area contributed by atoms with Crippen molar-refractivity contribution in [1.29, 1.82) is 0 Å². The molecule has 3 nitrogen and oxygen atoms in total. The highest BCUT2D eigenvalue weighted by atomic mass is 16.5. The molecule has 0 spiro atoms. The van der Waals surface area contributed by atoms with Crippen LogP contribution in [0.3, 0.4) is 0 Å². The fraction of sp³-hybridized carbons (Fsp3) is 0.625. The van der Waals surface area contributed by atoms with Crippen molar-refractivity contribution in [1.82, 2.24) is 0 Å². The highest BCUT2D eigenvalue weighted by Gasteiger charge is 2.15. The van der Waals surface area contributed by atoms with Gasteiger partial charge in [-0.15, -0.1) is 0 Å². The molecule has 0 saturated carbocycles. The van der Waals surface area contributed by atoms with E-state index in [9.17, 15) is 5.11 Å². The third kappa shape index (κ3) is 6.37. The normalized spacial score (nSPS) is 12.3. The molecule has 0 aliphatic rings. The second kappa shape index (κ2) is 5.72. The topological polar surface area (TPSA) is 38.7 Å². The predicted molar refractivity (Wildman–Crippen MR) is 78.0 cm³/mol. The van der Waals surface area contributed by atoms with E-state index < -0.39 is 0 Å². The smallest absolute Gasteiger partial charge is 0.164 e. The van der Waals surface area contributed by atoms with Crippen molar-refractivity contribution in [3.05, 3.63) is 18.2 Å². The van der Waals surface area contributed by atoms with Gasteiger partial charge in [0.2, 0.25) is 0 Å². The van der Waals surface area contributed by atoms with E-state index in [0.29, 0.717) is 19.0 Å². The lowest BCUT2D eigenvalue weighted by molar-refractivity contribution is 0.184. The Hall–Kier alpha value is -1.38. The third-order valence-corrected chi connectivity index (χ3v) is 2.26. The largest absolute Gasteiger partial charge is 0.504 e. The zero-order valence-electron chi connectivity index (χ0n) is 12.9. The van der Waals surface area contributed by atoms with Crippen LogP contribution < -0.4 is 9.47 Å². The standard InChI is InChI=1S/C16H26O3/c1-15(2,3)10-18-12-7-8-13(17)14(9-12)19-11-16(4,5)6/h7-9,17H,10-11H2,1-6H3. The lowest BCUT2D eigenvalue weighted by Crippen LogP contribution is -2.18. The van der Waals surface area contributed by atoms with E-state index in [-0.39, 0.29) is 16.6 Å². The van der Waals surface area contributed by atoms with Crippen molar-refractivity contribution in [3.63, 3.8) is 0 Å². The molecule has 108 valence electrons. The van der Waals surface area contributed by atoms with Crippen LogP contribution >= 0.6 is 0 Å². The van der Waals surface area contributed by atoms with Gasteiger partial charge in [0.1, 0.15) is 5.75 Å². The molecule has 0 aliphatic carbocycles. The summed E-state index contributed by atoms with van der Waals surface area (Å²) < 4.78 is 11.4. The van der Waals surface area contributed by atoms with Crippen molar-refractivity contribution in [2.75, 3.05) is 13.2 Å². The molecule has 0 aromatic heterocycles. The van der Waals surface area contributed by atoms with Gasteiger partial charge in [0, 0.05) is 6.07 Å². The van der Waals surface area contributed by atoms with Gasteiger partial charge in [0.05, 0.1) is 13.2 Å². The van der Waals surface area contributed by atoms with E-state index >= 15 is 0 Å². The zero-order chi connectivity index (χ0) is 14.7. The molecule has 0 bridgehead atoms. The number of phenolic OH excluding ortho intramolecular Hbond substituents is 1. The monoisotopic (exact) mass is 266 g/mol. The van der Waals surface area contributed by atoms with Gasteiger partial charge in [-0.05, 0) is 23.0 Å². The van der Waals surface area contributed by atoms with Gasteiger partial charge >= 0.3 is 0 Å². The molecule has 0 fully saturated rings. The van der Waals surface area contributed by atoms with Crippen LogP contribution in [0.4, 0.5) is 0 Å². The SMILES string of the molecule is CC(C)(C)COc1ccc(O)c(OCC(C)(C)C)c1. The van der Waals surface area contributed by atoms with Crippen LogP contribution in [0.25, 0.3) is 0 Å². The number of aromatic hydroxyl groups is 1. The first kappa shape index (κ1) is 15.7. The quantitative estimate of drug-likeness (QED) is 0.885. The molecule has 0 atom stereocenters. The Kier molecular flexibility index (Phi) is 4.72. The minimum Gasteiger partial charge on any atom is -0.504 e. The summed E-state index contributed by atoms with van der Waals surface area (Å²) in [5, 5.41) is 9.78. The lowest BCUT2D eigenvalue weighted by atomic mass is 9.98. The Morgan fingerprint density at radius 1 is 0.895 bits per heavy atom. The Bertz CT molecular complexity index is 411. The molecule has 19 heavy (non-hydrogen) atoms. The summed E-state index contributed by atoms with van der Waals surface area (Å²) in [5.74, 6) is 1.34. The molecule has 1 rings (SSSR count). The number of phenols is 1. The second-order valence-electron chi connectivity index (χ2n) is 7.33. The Balaban J connectivity index is 2.71. The molecule has 0 radical (unpaired) electrons. The molecular formula is C16H26O3. The van der Waals surface area contributed by atoms with E-state index in [1.165, 1.54) is 0 Å². The average molecular weight is 266 g/mol. The van der Waals surface area contributed by atoms with E-state index in [0.717, 1.165) is 5.75 Å². The zero-order valence-corrected chi connectivity index (χ0v) is 12.9. The van der Waals surface area contributed by atoms with Gasteiger partial charge in [-0.1, -0.05) is 41.5 Å². The Labute approximate surface area is 116 Å². The fourth-order valence-corrected chi connectivity index (χ4v) is 1.29. The van der Waals surface area contributed by atoms with Gasteiger partial charge in [-0.3, -0.25) is 0 Å². The van der Waals surface area contributed by atoms with Crippen LogP contribution in [0, 0.1) is 10.8 Å². The first-order chi connectivity index (χ1) is 8.57. The van der Waals surface area contributed by atoms with E-state index in [1.807, 2.05) is 0 Å². The van der Waals surface area contributed by atoms with Crippen LogP contribution in [0.1, 0.15) is 41.5 Å². The second-order valence-corrected chi connectivity index (χ2v) is 7.33. The molecule has 0 saturated heterocycles. The molecular weight excluding hydrogens is 240 g/mol. The molecule has 0 unspecified atom stereocenters. The molecule has 0 amide bonds. The average Bonchev–Trinajstić information content (AvgIpc) is 2.24. The van der Waals surface area contributed by atoms with Crippen LogP contribution in [-0.4, -0.2) is 18.3 Å². The molecule has 0 heterocycles. The third-order valence-electron chi connectivity index (χ3n) is 2.26. The maximum atomic E-state index is 9.78. The van der Waals surface area contributed by atoms with Gasteiger partial charge in [-0.25, -0.2) is 0 Å².